The van der Waals surface area contributed by atoms with Crippen LogP contribution in [0.25, 0.3) is 0 Å². The molecule has 0 saturated carbocycles. The first kappa shape index (κ1) is 40.9. The number of carbonyl (C=O) groups excluding carboxylic acids is 2. The molecule has 0 spiro atoms. The molecule has 0 aromatic carbocycles. The molecule has 0 aliphatic heterocycles. The molecule has 0 heterocycles. The highest BCUT2D eigenvalue weighted by atomic mass is 16.3. The Morgan fingerprint density at radius 1 is 0.400 bits per heavy atom. The summed E-state index contributed by atoms with van der Waals surface area (Å²) in [7, 11) is 0. The molecule has 8 heteroatoms. The van der Waals surface area contributed by atoms with E-state index in [2.05, 4.69) is 13.8 Å². The Labute approximate surface area is 246 Å². The summed E-state index contributed by atoms with van der Waals surface area (Å²) in [6.07, 6.45) is 23.4. The first-order valence-electron chi connectivity index (χ1n) is 16.5. The van der Waals surface area contributed by atoms with Crippen LogP contribution in [0, 0.1) is 0 Å². The maximum atomic E-state index is 11.8. The highest BCUT2D eigenvalue weighted by molar-refractivity contribution is 5.76. The molecular formula is C32H66N2O6. The highest BCUT2D eigenvalue weighted by Gasteiger charge is 2.12. The number of aliphatic hydroxyl groups is 4. The van der Waals surface area contributed by atoms with Crippen molar-refractivity contribution in [3.8, 4) is 0 Å². The van der Waals surface area contributed by atoms with Gasteiger partial charge in [0.15, 0.2) is 0 Å². The SMILES string of the molecule is CCCCCCCCCCCC(=O)N(CCO)CCO.CCCCCCCCCCCC(=O)N(CCO)CCO. The molecule has 0 fully saturated rings. The molecule has 2 amide bonds. The lowest BCUT2D eigenvalue weighted by Gasteiger charge is -2.20. The average Bonchev–Trinajstić information content (AvgIpc) is 2.95. The summed E-state index contributed by atoms with van der Waals surface area (Å²) in [6.45, 7) is 5.63. The fourth-order valence-corrected chi connectivity index (χ4v) is 4.70. The Kier molecular flexibility index (Phi) is 34.8. The van der Waals surface area contributed by atoms with Crippen LogP contribution in [0.1, 0.15) is 142 Å². The molecule has 4 N–H and O–H groups in total. The number of unbranched alkanes of at least 4 members (excludes halogenated alkanes) is 16. The summed E-state index contributed by atoms with van der Waals surface area (Å²) in [4.78, 5) is 26.8. The Balaban J connectivity index is 0. The number of aliphatic hydroxyl groups excluding tert-OH is 4. The van der Waals surface area contributed by atoms with Crippen molar-refractivity contribution in [2.75, 3.05) is 52.6 Å². The summed E-state index contributed by atoms with van der Waals surface area (Å²) in [5, 5.41) is 35.5. The van der Waals surface area contributed by atoms with Gasteiger partial charge in [0, 0.05) is 39.0 Å². The van der Waals surface area contributed by atoms with Crippen molar-refractivity contribution in [2.45, 2.75) is 142 Å². The van der Waals surface area contributed by atoms with E-state index in [1.807, 2.05) is 0 Å². The molecule has 0 aromatic rings. The van der Waals surface area contributed by atoms with Gasteiger partial charge in [0.05, 0.1) is 26.4 Å². The van der Waals surface area contributed by atoms with Gasteiger partial charge in [-0.25, -0.2) is 0 Å². The van der Waals surface area contributed by atoms with E-state index in [9.17, 15) is 9.59 Å². The zero-order valence-electron chi connectivity index (χ0n) is 26.3. The Hall–Kier alpha value is -1.22. The van der Waals surface area contributed by atoms with Gasteiger partial charge >= 0.3 is 0 Å². The van der Waals surface area contributed by atoms with Gasteiger partial charge in [-0.3, -0.25) is 9.59 Å². The van der Waals surface area contributed by atoms with Crippen molar-refractivity contribution in [3.05, 3.63) is 0 Å². The van der Waals surface area contributed by atoms with Crippen LogP contribution in [0.15, 0.2) is 0 Å². The van der Waals surface area contributed by atoms with Crippen molar-refractivity contribution < 1.29 is 30.0 Å². The maximum absolute atomic E-state index is 11.8. The summed E-state index contributed by atoms with van der Waals surface area (Å²) in [5.41, 5.74) is 0. The van der Waals surface area contributed by atoms with Crippen LogP contribution in [-0.2, 0) is 9.59 Å². The number of nitrogens with zero attached hydrogens (tertiary/aromatic N) is 2. The second-order valence-corrected chi connectivity index (χ2v) is 10.8. The monoisotopic (exact) mass is 574 g/mol. The largest absolute Gasteiger partial charge is 0.395 e. The molecule has 0 aromatic heterocycles. The fraction of sp³-hybridized carbons (Fsp3) is 0.938. The second-order valence-electron chi connectivity index (χ2n) is 10.8. The molecule has 0 bridgehead atoms. The Bertz CT molecular complexity index is 478. The van der Waals surface area contributed by atoms with E-state index in [-0.39, 0.29) is 38.2 Å². The Morgan fingerprint density at radius 2 is 0.625 bits per heavy atom. The van der Waals surface area contributed by atoms with Crippen molar-refractivity contribution >= 4 is 11.8 Å². The van der Waals surface area contributed by atoms with Gasteiger partial charge in [0.2, 0.25) is 11.8 Å². The molecule has 0 unspecified atom stereocenters. The highest BCUT2D eigenvalue weighted by Crippen LogP contribution is 2.12. The molecule has 0 rings (SSSR count). The molecule has 0 atom stereocenters. The lowest BCUT2D eigenvalue weighted by Crippen LogP contribution is -2.35. The van der Waals surface area contributed by atoms with Crippen LogP contribution in [0.2, 0.25) is 0 Å². The molecule has 0 aliphatic rings. The van der Waals surface area contributed by atoms with Crippen molar-refractivity contribution in [1.82, 2.24) is 9.80 Å². The van der Waals surface area contributed by atoms with Gasteiger partial charge in [0.25, 0.3) is 0 Å². The number of hydrogen-bond acceptors (Lipinski definition) is 6. The van der Waals surface area contributed by atoms with E-state index in [0.29, 0.717) is 39.0 Å². The van der Waals surface area contributed by atoms with E-state index in [0.717, 1.165) is 25.7 Å². The quantitative estimate of drug-likeness (QED) is 0.0923. The maximum Gasteiger partial charge on any atom is 0.222 e. The summed E-state index contributed by atoms with van der Waals surface area (Å²) in [5.74, 6) is 0.104. The number of hydrogen-bond donors (Lipinski definition) is 4. The van der Waals surface area contributed by atoms with Crippen molar-refractivity contribution in [2.24, 2.45) is 0 Å². The average molecular weight is 575 g/mol. The third-order valence-corrected chi connectivity index (χ3v) is 7.17. The summed E-state index contributed by atoms with van der Waals surface area (Å²) in [6, 6.07) is 0. The molecule has 0 aliphatic carbocycles. The van der Waals surface area contributed by atoms with Crippen molar-refractivity contribution in [1.29, 1.82) is 0 Å². The van der Waals surface area contributed by atoms with Crippen LogP contribution in [0.3, 0.4) is 0 Å². The third-order valence-electron chi connectivity index (χ3n) is 7.17. The van der Waals surface area contributed by atoms with Gasteiger partial charge in [-0.15, -0.1) is 0 Å². The zero-order chi connectivity index (χ0) is 30.1. The van der Waals surface area contributed by atoms with Crippen LogP contribution >= 0.6 is 0 Å². The molecule has 240 valence electrons. The molecule has 0 radical (unpaired) electrons. The standard InChI is InChI=1S/2C16H33NO3/c2*1-2-3-4-5-6-7-8-9-10-11-16(20)17(12-14-18)13-15-19/h2*18-19H,2-15H2,1H3. The van der Waals surface area contributed by atoms with Gasteiger partial charge in [-0.1, -0.05) is 117 Å². The van der Waals surface area contributed by atoms with E-state index in [1.54, 1.807) is 9.80 Å². The molecule has 0 saturated heterocycles. The number of amides is 2. The topological polar surface area (TPSA) is 122 Å². The smallest absolute Gasteiger partial charge is 0.222 e. The number of carbonyl (C=O) groups is 2. The van der Waals surface area contributed by atoms with Crippen molar-refractivity contribution in [3.63, 3.8) is 0 Å². The lowest BCUT2D eigenvalue weighted by molar-refractivity contribution is -0.133. The first-order chi connectivity index (χ1) is 19.5. The minimum atomic E-state index is -0.0382. The summed E-state index contributed by atoms with van der Waals surface area (Å²) >= 11 is 0. The Morgan fingerprint density at radius 3 is 0.850 bits per heavy atom. The van der Waals surface area contributed by atoms with E-state index in [1.165, 1.54) is 89.9 Å². The fourth-order valence-electron chi connectivity index (χ4n) is 4.70. The normalized spacial score (nSPS) is 10.8. The predicted octanol–water partition coefficient (Wildman–Crippen LogP) is 5.44. The van der Waals surface area contributed by atoms with E-state index >= 15 is 0 Å². The van der Waals surface area contributed by atoms with Crippen LogP contribution in [0.5, 0.6) is 0 Å². The van der Waals surface area contributed by atoms with Gasteiger partial charge in [-0.2, -0.15) is 0 Å². The molecule has 40 heavy (non-hydrogen) atoms. The lowest BCUT2D eigenvalue weighted by atomic mass is 10.1. The van der Waals surface area contributed by atoms with Crippen LogP contribution in [0.4, 0.5) is 0 Å². The van der Waals surface area contributed by atoms with Gasteiger partial charge < -0.3 is 30.2 Å². The summed E-state index contributed by atoms with van der Waals surface area (Å²) < 4.78 is 0. The van der Waals surface area contributed by atoms with E-state index in [4.69, 9.17) is 20.4 Å². The molecular weight excluding hydrogens is 508 g/mol. The van der Waals surface area contributed by atoms with Gasteiger partial charge in [0.1, 0.15) is 0 Å². The minimum absolute atomic E-state index is 0.0382. The second kappa shape index (κ2) is 34.0. The van der Waals surface area contributed by atoms with Crippen LogP contribution < -0.4 is 0 Å². The minimum Gasteiger partial charge on any atom is -0.395 e. The van der Waals surface area contributed by atoms with E-state index < -0.39 is 0 Å². The third kappa shape index (κ3) is 28.3. The van der Waals surface area contributed by atoms with Crippen LogP contribution in [-0.4, -0.2) is 94.6 Å². The zero-order valence-corrected chi connectivity index (χ0v) is 26.3. The number of rotatable bonds is 28. The first-order valence-corrected chi connectivity index (χ1v) is 16.5. The molecule has 8 nitrogen and oxygen atoms in total. The van der Waals surface area contributed by atoms with Gasteiger partial charge in [-0.05, 0) is 12.8 Å². The predicted molar refractivity (Wildman–Crippen MR) is 165 cm³/mol.